The van der Waals surface area contributed by atoms with Gasteiger partial charge in [-0.1, -0.05) is 30.3 Å². The first-order valence-electron chi connectivity index (χ1n) is 13.5. The molecule has 0 fully saturated rings. The van der Waals surface area contributed by atoms with Crippen molar-refractivity contribution in [2.45, 2.75) is 62.9 Å². The second-order valence-corrected chi connectivity index (χ2v) is 10.2. The molecule has 0 saturated heterocycles. The molecule has 5 atom stereocenters. The lowest BCUT2D eigenvalue weighted by molar-refractivity contribution is -0.145. The van der Waals surface area contributed by atoms with Crippen LogP contribution in [0, 0.1) is 0 Å². The van der Waals surface area contributed by atoms with Gasteiger partial charge in [-0.2, -0.15) is 0 Å². The number of aromatic hydroxyl groups is 1. The summed E-state index contributed by atoms with van der Waals surface area (Å²) in [6.07, 6.45) is -0.487. The van der Waals surface area contributed by atoms with Crippen molar-refractivity contribution in [2.24, 2.45) is 5.73 Å². The number of rotatable bonds is 15. The van der Waals surface area contributed by atoms with Crippen LogP contribution in [-0.2, 0) is 36.8 Å². The number of carbonyl (C=O) groups excluding carboxylic acids is 3. The molecule has 14 heteroatoms. The number of nitrogens with two attached hydrogens (primary N) is 1. The zero-order chi connectivity index (χ0) is 31.7. The maximum absolute atomic E-state index is 13.7. The molecule has 2 aromatic carbocycles. The van der Waals surface area contributed by atoms with Gasteiger partial charge in [0.25, 0.3) is 0 Å². The molecule has 5 unspecified atom stereocenters. The summed E-state index contributed by atoms with van der Waals surface area (Å²) >= 11 is 0. The number of aliphatic hydroxyl groups excluding tert-OH is 1. The lowest BCUT2D eigenvalue weighted by atomic mass is 10.0. The fourth-order valence-electron chi connectivity index (χ4n) is 4.41. The molecule has 0 aliphatic heterocycles. The Morgan fingerprint density at radius 1 is 0.860 bits per heavy atom. The van der Waals surface area contributed by atoms with Gasteiger partial charge in [0.1, 0.15) is 17.8 Å². The van der Waals surface area contributed by atoms with E-state index >= 15 is 0 Å². The fraction of sp³-hybridized carbons (Fsp3) is 0.345. The quantitative estimate of drug-likeness (QED) is 0.111. The first-order valence-corrected chi connectivity index (χ1v) is 13.5. The van der Waals surface area contributed by atoms with Crippen LogP contribution in [0.2, 0.25) is 0 Å². The monoisotopic (exact) mass is 597 g/mol. The van der Waals surface area contributed by atoms with Crippen LogP contribution in [0.15, 0.2) is 54.7 Å². The Kier molecular flexibility index (Phi) is 11.2. The van der Waals surface area contributed by atoms with E-state index in [0.29, 0.717) is 11.1 Å². The van der Waals surface area contributed by atoms with E-state index in [1.165, 1.54) is 31.2 Å². The largest absolute Gasteiger partial charge is 0.508 e. The smallest absolute Gasteiger partial charge is 0.328 e. The van der Waals surface area contributed by atoms with E-state index in [9.17, 15) is 39.3 Å². The second-order valence-electron chi connectivity index (χ2n) is 10.2. The van der Waals surface area contributed by atoms with Gasteiger partial charge in [0.2, 0.25) is 17.7 Å². The number of para-hydroxylation sites is 1. The van der Waals surface area contributed by atoms with Gasteiger partial charge in [-0.05, 0) is 42.7 Å². The van der Waals surface area contributed by atoms with Crippen LogP contribution in [0.3, 0.4) is 0 Å². The summed E-state index contributed by atoms with van der Waals surface area (Å²) in [5.74, 6) is -5.15. The number of amides is 3. The predicted octanol–water partition coefficient (Wildman–Crippen LogP) is -0.229. The Morgan fingerprint density at radius 3 is 2.09 bits per heavy atom. The zero-order valence-electron chi connectivity index (χ0n) is 23.3. The Labute approximate surface area is 246 Å². The molecule has 0 radical (unpaired) electrons. The van der Waals surface area contributed by atoms with Crippen molar-refractivity contribution in [2.75, 3.05) is 0 Å². The third-order valence-electron chi connectivity index (χ3n) is 6.79. The molecule has 14 nitrogen and oxygen atoms in total. The van der Waals surface area contributed by atoms with Crippen LogP contribution in [0.5, 0.6) is 5.75 Å². The molecule has 3 amide bonds. The average molecular weight is 598 g/mol. The van der Waals surface area contributed by atoms with E-state index in [0.717, 1.165) is 10.9 Å². The van der Waals surface area contributed by atoms with Crippen LogP contribution < -0.4 is 21.7 Å². The molecule has 3 aromatic rings. The molecule has 0 bridgehead atoms. The highest BCUT2D eigenvalue weighted by Gasteiger charge is 2.32. The summed E-state index contributed by atoms with van der Waals surface area (Å²) in [6.45, 7) is 1.19. The summed E-state index contributed by atoms with van der Waals surface area (Å²) in [5.41, 5.74) is 7.83. The highest BCUT2D eigenvalue weighted by Crippen LogP contribution is 2.20. The molecule has 3 rings (SSSR count). The average Bonchev–Trinajstić information content (AvgIpc) is 3.37. The number of aliphatic carboxylic acids is 2. The van der Waals surface area contributed by atoms with Gasteiger partial charge in [-0.15, -0.1) is 0 Å². The van der Waals surface area contributed by atoms with Crippen LogP contribution in [0.25, 0.3) is 10.9 Å². The van der Waals surface area contributed by atoms with Crippen molar-refractivity contribution in [1.29, 1.82) is 0 Å². The van der Waals surface area contributed by atoms with Crippen molar-refractivity contribution in [1.82, 2.24) is 20.9 Å². The van der Waals surface area contributed by atoms with E-state index < -0.39 is 59.9 Å². The number of fused-ring (bicyclic) bond motifs is 1. The van der Waals surface area contributed by atoms with Gasteiger partial charge in [-0.3, -0.25) is 19.2 Å². The van der Waals surface area contributed by atoms with Crippen LogP contribution in [0.4, 0.5) is 0 Å². The number of benzene rings is 2. The van der Waals surface area contributed by atoms with E-state index in [4.69, 9.17) is 10.8 Å². The van der Waals surface area contributed by atoms with Crippen LogP contribution in [0.1, 0.15) is 30.9 Å². The number of carboxylic acid groups (broad SMARTS) is 2. The number of hydrogen-bond acceptors (Lipinski definition) is 8. The van der Waals surface area contributed by atoms with Gasteiger partial charge in [-0.25, -0.2) is 4.79 Å². The van der Waals surface area contributed by atoms with Gasteiger partial charge in [0.05, 0.1) is 12.1 Å². The normalized spacial score (nSPS) is 14.6. The number of phenols is 1. The number of aliphatic hydroxyl groups is 1. The van der Waals surface area contributed by atoms with Crippen molar-refractivity contribution in [3.63, 3.8) is 0 Å². The Morgan fingerprint density at radius 2 is 1.47 bits per heavy atom. The molecule has 0 spiro atoms. The number of aromatic amines is 1. The molecule has 10 N–H and O–H groups in total. The second kappa shape index (κ2) is 14.8. The van der Waals surface area contributed by atoms with Gasteiger partial charge >= 0.3 is 11.9 Å². The van der Waals surface area contributed by atoms with Crippen molar-refractivity contribution in [3.8, 4) is 5.75 Å². The molecule has 1 heterocycles. The van der Waals surface area contributed by atoms with Gasteiger partial charge in [0.15, 0.2) is 6.04 Å². The van der Waals surface area contributed by atoms with Crippen molar-refractivity contribution >= 4 is 40.6 Å². The Bertz CT molecular complexity index is 1450. The number of nitrogens with one attached hydrogen (secondary N) is 4. The van der Waals surface area contributed by atoms with E-state index in [1.54, 1.807) is 12.3 Å². The summed E-state index contributed by atoms with van der Waals surface area (Å²) in [5, 5.41) is 46.0. The number of hydrogen-bond donors (Lipinski definition) is 9. The molecule has 0 aliphatic rings. The number of carbonyl (C=O) groups is 5. The van der Waals surface area contributed by atoms with E-state index in [-0.39, 0.29) is 31.4 Å². The number of H-pyrrole nitrogens is 1. The molecule has 230 valence electrons. The first kappa shape index (κ1) is 32.6. The molecule has 0 aliphatic carbocycles. The first-order chi connectivity index (χ1) is 20.3. The Balaban J connectivity index is 1.90. The standard InChI is InChI=1S/C29H35N5O9/c1-15(35)25(29(42)43)34-28(41)22(12-16-6-8-18(36)9-7-16)33-27(40)23(32-26(39)20(30)10-11-24(37)38)13-17-14-31-21-5-3-2-4-19(17)21/h2-9,14-15,20,22-23,25,31,35-36H,10-13,30H2,1H3,(H,32,39)(H,33,40)(H,34,41)(H,37,38)(H,42,43). The summed E-state index contributed by atoms with van der Waals surface area (Å²) in [6, 6.07) is 7.51. The molecular weight excluding hydrogens is 562 g/mol. The minimum atomic E-state index is -1.67. The predicted molar refractivity (Wildman–Crippen MR) is 154 cm³/mol. The third-order valence-corrected chi connectivity index (χ3v) is 6.79. The molecular formula is C29H35N5O9. The summed E-state index contributed by atoms with van der Waals surface area (Å²) in [7, 11) is 0. The van der Waals surface area contributed by atoms with Gasteiger partial charge < -0.3 is 47.1 Å². The SMILES string of the molecule is CC(O)C(NC(=O)C(Cc1ccc(O)cc1)NC(=O)C(Cc1c[nH]c2ccccc12)NC(=O)C(N)CCC(=O)O)C(=O)O. The maximum atomic E-state index is 13.7. The lowest BCUT2D eigenvalue weighted by Crippen LogP contribution is -2.59. The van der Waals surface area contributed by atoms with Gasteiger partial charge in [0, 0.05) is 36.4 Å². The highest BCUT2D eigenvalue weighted by atomic mass is 16.4. The summed E-state index contributed by atoms with van der Waals surface area (Å²) in [4.78, 5) is 65.5. The number of aromatic nitrogens is 1. The highest BCUT2D eigenvalue weighted by molar-refractivity contribution is 5.95. The van der Waals surface area contributed by atoms with Crippen LogP contribution in [-0.4, -0.2) is 85.3 Å². The Hall–Kier alpha value is -4.95. The lowest BCUT2D eigenvalue weighted by Gasteiger charge is -2.26. The van der Waals surface area contributed by atoms with Crippen molar-refractivity contribution in [3.05, 3.63) is 65.9 Å². The zero-order valence-corrected chi connectivity index (χ0v) is 23.3. The molecule has 1 aromatic heterocycles. The minimum Gasteiger partial charge on any atom is -0.508 e. The molecule has 43 heavy (non-hydrogen) atoms. The molecule has 0 saturated carbocycles. The van der Waals surface area contributed by atoms with E-state index in [1.807, 2.05) is 18.2 Å². The van der Waals surface area contributed by atoms with E-state index in [2.05, 4.69) is 20.9 Å². The topological polar surface area (TPSA) is 244 Å². The maximum Gasteiger partial charge on any atom is 0.328 e. The summed E-state index contributed by atoms with van der Waals surface area (Å²) < 4.78 is 0. The van der Waals surface area contributed by atoms with Crippen LogP contribution >= 0.6 is 0 Å². The number of phenolic OH excluding ortho intramolecular Hbond substituents is 1. The fourth-order valence-corrected chi connectivity index (χ4v) is 4.41. The third kappa shape index (κ3) is 9.28. The van der Waals surface area contributed by atoms with Crippen molar-refractivity contribution < 1.29 is 44.4 Å². The number of carboxylic acids is 2. The minimum absolute atomic E-state index is 0.0328.